The van der Waals surface area contributed by atoms with Crippen LogP contribution in [0.4, 0.5) is 0 Å². The van der Waals surface area contributed by atoms with E-state index in [0.29, 0.717) is 72.7 Å². The molecule has 198 valence electrons. The summed E-state index contributed by atoms with van der Waals surface area (Å²) in [5.74, 6) is 0.899. The van der Waals surface area contributed by atoms with Crippen LogP contribution in [0.3, 0.4) is 0 Å². The molecule has 0 aromatic heterocycles. The zero-order chi connectivity index (χ0) is 24.4. The molecule has 0 aliphatic heterocycles. The molecule has 0 unspecified atom stereocenters. The van der Waals surface area contributed by atoms with Crippen LogP contribution in [0, 0.1) is 0 Å². The van der Waals surface area contributed by atoms with E-state index in [2.05, 4.69) is 47.1 Å². The molecule has 34 heavy (non-hydrogen) atoms. The minimum atomic E-state index is 0.543. The van der Waals surface area contributed by atoms with Crippen molar-refractivity contribution in [2.24, 2.45) is 0 Å². The lowest BCUT2D eigenvalue weighted by atomic mass is 10.0. The van der Waals surface area contributed by atoms with Gasteiger partial charge in [0.1, 0.15) is 12.4 Å². The van der Waals surface area contributed by atoms with Crippen molar-refractivity contribution in [3.63, 3.8) is 0 Å². The van der Waals surface area contributed by atoms with Crippen LogP contribution in [0.1, 0.15) is 57.4 Å². The fourth-order valence-corrected chi connectivity index (χ4v) is 3.52. The Balaban J connectivity index is 1.83. The molecule has 7 heteroatoms. The average Bonchev–Trinajstić information content (AvgIpc) is 2.86. The van der Waals surface area contributed by atoms with Gasteiger partial charge in [0.2, 0.25) is 0 Å². The van der Waals surface area contributed by atoms with Gasteiger partial charge < -0.3 is 28.4 Å². The molecule has 1 aromatic rings. The third-order valence-electron chi connectivity index (χ3n) is 5.20. The number of ether oxygens (including phenoxy) is 6. The molecule has 6 nitrogen and oxygen atoms in total. The van der Waals surface area contributed by atoms with E-state index >= 15 is 0 Å². The lowest BCUT2D eigenvalue weighted by molar-refractivity contribution is -0.0118. The number of rotatable bonds is 26. The molecule has 0 saturated carbocycles. The number of unbranched alkanes of at least 4 members (excludes halogenated alkanes) is 6. The molecule has 0 radical (unpaired) electrons. The molecule has 0 N–H and O–H groups in total. The number of hydrogen-bond donors (Lipinski definition) is 0. The summed E-state index contributed by atoms with van der Waals surface area (Å²) in [7, 11) is 0. The molecular formula is C27H47BrO6. The smallest absolute Gasteiger partial charge is 0.119 e. The van der Waals surface area contributed by atoms with Crippen molar-refractivity contribution in [2.75, 3.05) is 78.0 Å². The summed E-state index contributed by atoms with van der Waals surface area (Å²) < 4.78 is 32.9. The van der Waals surface area contributed by atoms with Crippen molar-refractivity contribution in [2.45, 2.75) is 58.3 Å². The minimum Gasteiger partial charge on any atom is -0.491 e. The van der Waals surface area contributed by atoms with E-state index in [1.807, 2.05) is 0 Å². The maximum atomic E-state index is 5.75. The van der Waals surface area contributed by atoms with Crippen molar-refractivity contribution in [3.05, 3.63) is 29.8 Å². The summed E-state index contributed by atoms with van der Waals surface area (Å²) in [6.07, 6.45) is 10.6. The number of aryl methyl sites for hydroxylation is 1. The van der Waals surface area contributed by atoms with E-state index in [-0.39, 0.29) is 0 Å². The van der Waals surface area contributed by atoms with E-state index in [1.165, 1.54) is 50.5 Å². The van der Waals surface area contributed by atoms with E-state index < -0.39 is 0 Å². The largest absolute Gasteiger partial charge is 0.491 e. The van der Waals surface area contributed by atoms with Gasteiger partial charge in [0.05, 0.1) is 66.1 Å². The summed E-state index contributed by atoms with van der Waals surface area (Å²) in [5.41, 5.74) is 1.39. The van der Waals surface area contributed by atoms with Gasteiger partial charge in [-0.05, 0) is 30.5 Å². The predicted octanol–water partition coefficient (Wildman–Crippen LogP) is 5.84. The Morgan fingerprint density at radius 3 is 1.47 bits per heavy atom. The first-order valence-corrected chi connectivity index (χ1v) is 14.2. The number of hydrogen-bond acceptors (Lipinski definition) is 6. The van der Waals surface area contributed by atoms with Crippen LogP contribution < -0.4 is 4.74 Å². The first-order valence-electron chi connectivity index (χ1n) is 13.0. The highest BCUT2D eigenvalue weighted by atomic mass is 79.9. The van der Waals surface area contributed by atoms with Crippen molar-refractivity contribution in [1.82, 2.24) is 0 Å². The highest BCUT2D eigenvalue weighted by Crippen LogP contribution is 2.15. The van der Waals surface area contributed by atoms with Crippen molar-refractivity contribution < 1.29 is 28.4 Å². The summed E-state index contributed by atoms with van der Waals surface area (Å²) in [4.78, 5) is 0. The van der Waals surface area contributed by atoms with Gasteiger partial charge in [-0.2, -0.15) is 0 Å². The predicted molar refractivity (Wildman–Crippen MR) is 142 cm³/mol. The molecule has 0 fully saturated rings. The Kier molecular flexibility index (Phi) is 23.4. The molecular weight excluding hydrogens is 500 g/mol. The average molecular weight is 548 g/mol. The van der Waals surface area contributed by atoms with Gasteiger partial charge in [-0.1, -0.05) is 73.5 Å². The first kappa shape index (κ1) is 31.3. The number of benzene rings is 1. The lowest BCUT2D eigenvalue weighted by Gasteiger charge is -2.09. The molecule has 0 aliphatic rings. The number of halogens is 1. The Morgan fingerprint density at radius 2 is 0.971 bits per heavy atom. The lowest BCUT2D eigenvalue weighted by Crippen LogP contribution is -2.14. The first-order chi connectivity index (χ1) is 16.9. The Hall–Kier alpha value is -0.700. The zero-order valence-corrected chi connectivity index (χ0v) is 22.9. The Morgan fingerprint density at radius 1 is 0.529 bits per heavy atom. The normalized spacial score (nSPS) is 11.2. The van der Waals surface area contributed by atoms with Crippen LogP contribution in [-0.4, -0.2) is 78.0 Å². The van der Waals surface area contributed by atoms with Gasteiger partial charge in [0.25, 0.3) is 0 Å². The van der Waals surface area contributed by atoms with Crippen LogP contribution in [0.25, 0.3) is 0 Å². The summed E-state index contributed by atoms with van der Waals surface area (Å²) in [6, 6.07) is 8.47. The second-order valence-electron chi connectivity index (χ2n) is 8.11. The van der Waals surface area contributed by atoms with Crippen LogP contribution in [0.5, 0.6) is 5.75 Å². The fourth-order valence-electron chi connectivity index (χ4n) is 3.29. The van der Waals surface area contributed by atoms with E-state index in [0.717, 1.165) is 17.5 Å². The van der Waals surface area contributed by atoms with Gasteiger partial charge in [-0.3, -0.25) is 0 Å². The van der Waals surface area contributed by atoms with Gasteiger partial charge in [-0.25, -0.2) is 0 Å². The van der Waals surface area contributed by atoms with Crippen LogP contribution in [0.2, 0.25) is 0 Å². The zero-order valence-electron chi connectivity index (χ0n) is 21.3. The highest BCUT2D eigenvalue weighted by Gasteiger charge is 1.98. The van der Waals surface area contributed by atoms with Crippen LogP contribution in [0.15, 0.2) is 24.3 Å². The summed E-state index contributed by atoms with van der Waals surface area (Å²) in [6.45, 7) is 8.64. The van der Waals surface area contributed by atoms with E-state index in [4.69, 9.17) is 28.4 Å². The van der Waals surface area contributed by atoms with E-state index in [9.17, 15) is 0 Å². The maximum Gasteiger partial charge on any atom is 0.119 e. The molecule has 1 rings (SSSR count). The molecule has 0 aliphatic carbocycles. The monoisotopic (exact) mass is 546 g/mol. The Bertz CT molecular complexity index is 528. The maximum absolute atomic E-state index is 5.75. The third kappa shape index (κ3) is 20.7. The topological polar surface area (TPSA) is 55.4 Å². The third-order valence-corrected chi connectivity index (χ3v) is 5.52. The minimum absolute atomic E-state index is 0.543. The standard InChI is InChI=1S/C27H47BrO6/c1-2-3-4-5-6-7-8-9-26-10-12-27(13-11-26)34-25-24-33-23-22-32-21-20-31-19-18-30-17-16-29-15-14-28/h10-13H,2-9,14-25H2,1H3. The van der Waals surface area contributed by atoms with Gasteiger partial charge in [-0.15, -0.1) is 0 Å². The second kappa shape index (κ2) is 25.4. The molecule has 0 heterocycles. The number of alkyl halides is 1. The molecule has 0 bridgehead atoms. The van der Waals surface area contributed by atoms with Crippen molar-refractivity contribution in [3.8, 4) is 5.75 Å². The van der Waals surface area contributed by atoms with Gasteiger partial charge >= 0.3 is 0 Å². The summed E-state index contributed by atoms with van der Waals surface area (Å²) in [5, 5.41) is 0.850. The summed E-state index contributed by atoms with van der Waals surface area (Å²) >= 11 is 3.31. The molecule has 0 saturated heterocycles. The van der Waals surface area contributed by atoms with E-state index in [1.54, 1.807) is 0 Å². The fraction of sp³-hybridized carbons (Fsp3) is 0.778. The molecule has 0 amide bonds. The van der Waals surface area contributed by atoms with Crippen molar-refractivity contribution >= 4 is 15.9 Å². The van der Waals surface area contributed by atoms with Crippen LogP contribution in [-0.2, 0) is 30.1 Å². The molecule has 1 aromatic carbocycles. The Labute approximate surface area is 216 Å². The van der Waals surface area contributed by atoms with Crippen LogP contribution >= 0.6 is 15.9 Å². The van der Waals surface area contributed by atoms with Crippen molar-refractivity contribution in [1.29, 1.82) is 0 Å². The SMILES string of the molecule is CCCCCCCCCc1ccc(OCCOCCOCCOCCOCCOCCBr)cc1. The molecule has 0 atom stereocenters. The highest BCUT2D eigenvalue weighted by molar-refractivity contribution is 9.09. The quantitative estimate of drug-likeness (QED) is 0.107. The molecule has 0 spiro atoms. The second-order valence-corrected chi connectivity index (χ2v) is 8.91. The van der Waals surface area contributed by atoms with Gasteiger partial charge in [0, 0.05) is 5.33 Å². The van der Waals surface area contributed by atoms with Gasteiger partial charge in [0.15, 0.2) is 0 Å².